The van der Waals surface area contributed by atoms with Gasteiger partial charge in [0.2, 0.25) is 5.91 Å². The van der Waals surface area contributed by atoms with E-state index in [1.165, 1.54) is 22.9 Å². The zero-order valence-electron chi connectivity index (χ0n) is 14.0. The molecule has 1 unspecified atom stereocenters. The number of amides is 1. The van der Waals surface area contributed by atoms with Crippen LogP contribution in [-0.2, 0) is 11.2 Å². The zero-order valence-corrected chi connectivity index (χ0v) is 14.8. The summed E-state index contributed by atoms with van der Waals surface area (Å²) < 4.78 is 5.16. The van der Waals surface area contributed by atoms with Crippen LogP contribution in [0.1, 0.15) is 16.7 Å². The number of methoxy groups -OCH3 is 1. The number of thioether (sulfide) groups is 1. The third-order valence-corrected chi connectivity index (χ3v) is 5.16. The van der Waals surface area contributed by atoms with E-state index in [1.807, 2.05) is 42.5 Å². The Hall–Kier alpha value is -2.27. The minimum atomic E-state index is -0.149. The number of carbonyl (C=O) groups is 1. The van der Waals surface area contributed by atoms with Gasteiger partial charge in [0, 0.05) is 0 Å². The van der Waals surface area contributed by atoms with Crippen molar-refractivity contribution in [3.05, 3.63) is 59.2 Å². The second kappa shape index (κ2) is 7.09. The van der Waals surface area contributed by atoms with E-state index in [2.05, 4.69) is 24.2 Å². The molecule has 4 nitrogen and oxygen atoms in total. The summed E-state index contributed by atoms with van der Waals surface area (Å²) in [4.78, 5) is 16.7. The normalized spacial score (nSPS) is 18.7. The number of amidine groups is 1. The number of ether oxygens (including phenoxy) is 1. The van der Waals surface area contributed by atoms with Crippen LogP contribution in [0.2, 0.25) is 0 Å². The molecule has 1 aliphatic heterocycles. The molecular weight excluding hydrogens is 320 g/mol. The molecule has 3 rings (SSSR count). The van der Waals surface area contributed by atoms with Gasteiger partial charge >= 0.3 is 0 Å². The molecular formula is C19H20N2O2S. The number of hydrogen-bond donors (Lipinski definition) is 1. The summed E-state index contributed by atoms with van der Waals surface area (Å²) >= 11 is 1.49. The van der Waals surface area contributed by atoms with Crippen LogP contribution in [0.3, 0.4) is 0 Å². The number of hydrogen-bond acceptors (Lipinski definition) is 4. The molecule has 1 atom stereocenters. The number of rotatable bonds is 4. The van der Waals surface area contributed by atoms with E-state index in [-0.39, 0.29) is 11.2 Å². The van der Waals surface area contributed by atoms with E-state index in [4.69, 9.17) is 4.74 Å². The van der Waals surface area contributed by atoms with E-state index >= 15 is 0 Å². The van der Waals surface area contributed by atoms with Crippen LogP contribution < -0.4 is 10.1 Å². The molecule has 24 heavy (non-hydrogen) atoms. The molecule has 1 fully saturated rings. The van der Waals surface area contributed by atoms with Gasteiger partial charge in [0.1, 0.15) is 5.75 Å². The summed E-state index contributed by atoms with van der Waals surface area (Å²) in [5.74, 6) is 0.831. The van der Waals surface area contributed by atoms with Crippen molar-refractivity contribution in [1.82, 2.24) is 5.32 Å². The lowest BCUT2D eigenvalue weighted by molar-refractivity contribution is -0.118. The van der Waals surface area contributed by atoms with Crippen LogP contribution in [0.25, 0.3) is 0 Å². The van der Waals surface area contributed by atoms with Crippen molar-refractivity contribution in [3.63, 3.8) is 0 Å². The average Bonchev–Trinajstić information content (AvgIpc) is 2.91. The summed E-state index contributed by atoms with van der Waals surface area (Å²) in [7, 11) is 1.64. The van der Waals surface area contributed by atoms with Crippen LogP contribution in [0.5, 0.6) is 5.75 Å². The molecule has 2 aromatic carbocycles. The summed E-state index contributed by atoms with van der Waals surface area (Å²) in [5.41, 5.74) is 4.40. The van der Waals surface area contributed by atoms with Gasteiger partial charge in [-0.25, -0.2) is 4.99 Å². The molecule has 1 N–H and O–H groups in total. The number of nitrogens with one attached hydrogen (secondary N) is 1. The van der Waals surface area contributed by atoms with Crippen molar-refractivity contribution in [3.8, 4) is 5.75 Å². The summed E-state index contributed by atoms with van der Waals surface area (Å²) in [5, 5.41) is 3.40. The first-order valence-corrected chi connectivity index (χ1v) is 8.69. The Morgan fingerprint density at radius 2 is 1.88 bits per heavy atom. The van der Waals surface area contributed by atoms with Gasteiger partial charge in [-0.1, -0.05) is 30.0 Å². The molecule has 1 heterocycles. The van der Waals surface area contributed by atoms with Crippen molar-refractivity contribution < 1.29 is 9.53 Å². The van der Waals surface area contributed by atoms with Crippen molar-refractivity contribution in [2.75, 3.05) is 7.11 Å². The molecule has 1 amide bonds. The van der Waals surface area contributed by atoms with Crippen molar-refractivity contribution in [1.29, 1.82) is 0 Å². The number of benzene rings is 2. The monoisotopic (exact) mass is 340 g/mol. The third-order valence-electron chi connectivity index (χ3n) is 4.08. The van der Waals surface area contributed by atoms with Crippen LogP contribution in [0.4, 0.5) is 5.69 Å². The van der Waals surface area contributed by atoms with Gasteiger partial charge in [0.15, 0.2) is 5.17 Å². The van der Waals surface area contributed by atoms with Crippen LogP contribution in [-0.4, -0.2) is 23.4 Å². The fraction of sp³-hybridized carbons (Fsp3) is 0.263. The number of aliphatic imine (C=N–C) groups is 1. The Morgan fingerprint density at radius 3 is 2.54 bits per heavy atom. The lowest BCUT2D eigenvalue weighted by Gasteiger charge is -2.06. The SMILES string of the molecule is COc1ccc(CC2SC(=Nc3ccc(C)c(C)c3)NC2=O)cc1. The van der Waals surface area contributed by atoms with E-state index in [1.54, 1.807) is 7.11 Å². The maximum Gasteiger partial charge on any atom is 0.239 e. The first kappa shape index (κ1) is 16.6. The molecule has 2 aromatic rings. The Balaban J connectivity index is 1.70. The van der Waals surface area contributed by atoms with Crippen LogP contribution in [0, 0.1) is 13.8 Å². The first-order valence-electron chi connectivity index (χ1n) is 7.81. The number of carbonyl (C=O) groups excluding carboxylic acids is 1. The topological polar surface area (TPSA) is 50.7 Å². The Kier molecular flexibility index (Phi) is 4.90. The number of aryl methyl sites for hydroxylation is 2. The van der Waals surface area contributed by atoms with E-state index in [9.17, 15) is 4.79 Å². The standard InChI is InChI=1S/C19H20N2O2S/c1-12-4-7-15(10-13(12)2)20-19-21-18(22)17(24-19)11-14-5-8-16(23-3)9-6-14/h4-10,17H,11H2,1-3H3,(H,20,21,22). The Labute approximate surface area is 146 Å². The fourth-order valence-electron chi connectivity index (χ4n) is 2.48. The van der Waals surface area contributed by atoms with Gasteiger partial charge in [0.05, 0.1) is 18.0 Å². The fourth-order valence-corrected chi connectivity index (χ4v) is 3.51. The molecule has 1 aliphatic rings. The first-order chi connectivity index (χ1) is 11.5. The average molecular weight is 340 g/mol. The van der Waals surface area contributed by atoms with E-state index in [0.717, 1.165) is 17.0 Å². The second-order valence-corrected chi connectivity index (χ2v) is 7.02. The van der Waals surface area contributed by atoms with E-state index in [0.29, 0.717) is 11.6 Å². The van der Waals surface area contributed by atoms with Crippen molar-refractivity contribution >= 4 is 28.5 Å². The maximum atomic E-state index is 12.2. The van der Waals surface area contributed by atoms with Gasteiger partial charge in [-0.2, -0.15) is 0 Å². The molecule has 1 saturated heterocycles. The lowest BCUT2D eigenvalue weighted by atomic mass is 10.1. The predicted octanol–water partition coefficient (Wildman–Crippen LogP) is 3.77. The second-order valence-electron chi connectivity index (χ2n) is 5.83. The van der Waals surface area contributed by atoms with Gasteiger partial charge in [-0.15, -0.1) is 0 Å². The molecule has 0 saturated carbocycles. The molecule has 0 radical (unpaired) electrons. The van der Waals surface area contributed by atoms with Crippen molar-refractivity contribution in [2.24, 2.45) is 4.99 Å². The minimum Gasteiger partial charge on any atom is -0.497 e. The largest absolute Gasteiger partial charge is 0.497 e. The highest BCUT2D eigenvalue weighted by Gasteiger charge is 2.30. The van der Waals surface area contributed by atoms with Crippen LogP contribution in [0.15, 0.2) is 47.5 Å². The highest BCUT2D eigenvalue weighted by atomic mass is 32.2. The highest BCUT2D eigenvalue weighted by Crippen LogP contribution is 2.27. The number of nitrogens with zero attached hydrogens (tertiary/aromatic N) is 1. The summed E-state index contributed by atoms with van der Waals surface area (Å²) in [6.07, 6.45) is 0.673. The smallest absolute Gasteiger partial charge is 0.239 e. The summed E-state index contributed by atoms with van der Waals surface area (Å²) in [6.45, 7) is 4.13. The predicted molar refractivity (Wildman–Crippen MR) is 99.2 cm³/mol. The Morgan fingerprint density at radius 1 is 1.12 bits per heavy atom. The van der Waals surface area contributed by atoms with Gasteiger partial charge < -0.3 is 10.1 Å². The van der Waals surface area contributed by atoms with Crippen LogP contribution >= 0.6 is 11.8 Å². The Bertz CT molecular complexity index is 784. The molecule has 0 aromatic heterocycles. The minimum absolute atomic E-state index is 0.0124. The molecule has 0 aliphatic carbocycles. The van der Waals surface area contributed by atoms with Crippen molar-refractivity contribution in [2.45, 2.75) is 25.5 Å². The molecule has 0 spiro atoms. The third kappa shape index (κ3) is 3.79. The molecule has 5 heteroatoms. The van der Waals surface area contributed by atoms with E-state index < -0.39 is 0 Å². The van der Waals surface area contributed by atoms with Gasteiger partial charge in [-0.05, 0) is 61.2 Å². The maximum absolute atomic E-state index is 12.2. The molecule has 0 bridgehead atoms. The lowest BCUT2D eigenvalue weighted by Crippen LogP contribution is -2.25. The summed E-state index contributed by atoms with van der Waals surface area (Å²) in [6, 6.07) is 13.9. The quantitative estimate of drug-likeness (QED) is 0.922. The van der Waals surface area contributed by atoms with Gasteiger partial charge in [-0.3, -0.25) is 4.79 Å². The zero-order chi connectivity index (χ0) is 17.1. The highest BCUT2D eigenvalue weighted by molar-refractivity contribution is 8.15. The van der Waals surface area contributed by atoms with Gasteiger partial charge in [0.25, 0.3) is 0 Å². The molecule has 124 valence electrons.